The molecule has 28 heteroatoms. The van der Waals surface area contributed by atoms with Crippen LogP contribution in [0.1, 0.15) is 126 Å². The number of unbranched alkanes of at least 4 members (excludes halogenated alkanes) is 2. The second-order valence-electron chi connectivity index (χ2n) is 24.0. The Hall–Kier alpha value is -7.44. The van der Waals surface area contributed by atoms with E-state index in [-0.39, 0.29) is 92.2 Å². The van der Waals surface area contributed by atoms with Crippen LogP contribution in [0.4, 0.5) is 5.69 Å². The predicted octanol–water partition coefficient (Wildman–Crippen LogP) is 2.86. The summed E-state index contributed by atoms with van der Waals surface area (Å²) in [7, 11) is 3.49. The topological polar surface area (TPSA) is 385 Å². The SMILES string of the molecule is CCCCC[N+](C)(CC(=O)N[C@H](C(=O)N(C)[C@H](C[C@@H](OC(C)=O)c1nc(C(=O)N[C@@H](Cc2ccccc2)C[C@H](C)C(=O)O)cs1)C(C)C)[C@@H](C)CC)Cc1ccc(O[C@@H]2O[C@H](C(=O)O)[C@@H](O)[C@H](O)[C@H]2O)c(NC(=O)CCNC(=O)[C@H](CN)N2COCC=CC2=O)c1. The maximum Gasteiger partial charge on any atom is 0.335 e. The van der Waals surface area contributed by atoms with Crippen LogP contribution in [0.25, 0.3) is 0 Å². The largest absolute Gasteiger partial charge is 0.481 e. The molecule has 1 unspecified atom stereocenters. The first kappa shape index (κ1) is 74.3. The van der Waals surface area contributed by atoms with Gasteiger partial charge in [-0.3, -0.25) is 38.4 Å². The number of thiazole rings is 1. The number of nitrogens with one attached hydrogen (secondary N) is 4. The molecule has 502 valence electrons. The molecule has 3 heterocycles. The number of carbonyl (C=O) groups excluding carboxylic acids is 7. The number of carboxylic acid groups (broad SMARTS) is 2. The monoisotopic (exact) mass is 1290 g/mol. The predicted molar refractivity (Wildman–Crippen MR) is 333 cm³/mol. The Kier molecular flexibility index (Phi) is 28.9. The van der Waals surface area contributed by atoms with E-state index in [2.05, 4.69) is 26.3 Å². The zero-order valence-electron chi connectivity index (χ0n) is 53.3. The number of amides is 6. The molecule has 0 radical (unpaired) electrons. The molecular weight excluding hydrogens is 1200 g/mol. The molecule has 6 amide bonds. The second-order valence-corrected chi connectivity index (χ2v) is 24.9. The van der Waals surface area contributed by atoms with Gasteiger partial charge in [-0.05, 0) is 61.3 Å². The minimum Gasteiger partial charge on any atom is -0.481 e. The highest BCUT2D eigenvalue weighted by Crippen LogP contribution is 2.34. The van der Waals surface area contributed by atoms with Crippen LogP contribution in [0.2, 0.25) is 0 Å². The smallest absolute Gasteiger partial charge is 0.335 e. The third-order valence-electron chi connectivity index (χ3n) is 16.2. The van der Waals surface area contributed by atoms with Gasteiger partial charge in [0, 0.05) is 69.0 Å². The van der Waals surface area contributed by atoms with Crippen molar-refractivity contribution in [3.05, 3.63) is 87.9 Å². The Balaban J connectivity index is 1.37. The fourth-order valence-electron chi connectivity index (χ4n) is 10.9. The van der Waals surface area contributed by atoms with Crippen molar-refractivity contribution in [2.75, 3.05) is 58.9 Å². The molecule has 91 heavy (non-hydrogen) atoms. The number of anilines is 1. The van der Waals surface area contributed by atoms with Gasteiger partial charge in [-0.1, -0.05) is 90.8 Å². The minimum absolute atomic E-state index is 0.0187. The number of carbonyl (C=O) groups is 9. The number of aliphatic hydroxyl groups excluding tert-OH is 3. The van der Waals surface area contributed by atoms with Crippen LogP contribution in [-0.2, 0) is 65.5 Å². The van der Waals surface area contributed by atoms with Crippen molar-refractivity contribution in [2.45, 2.75) is 167 Å². The number of benzene rings is 2. The fraction of sp³-hybridized carbons (Fsp3) is 0.587. The molecular formula is C63H92N9O18S+. The van der Waals surface area contributed by atoms with Crippen molar-refractivity contribution in [2.24, 2.45) is 23.5 Å². The highest BCUT2D eigenvalue weighted by Gasteiger charge is 2.48. The first-order chi connectivity index (χ1) is 43.1. The van der Waals surface area contributed by atoms with Crippen LogP contribution in [0.3, 0.4) is 0 Å². The zero-order chi connectivity index (χ0) is 67.3. The van der Waals surface area contributed by atoms with E-state index in [0.29, 0.717) is 36.4 Å². The molecule has 0 saturated carbocycles. The van der Waals surface area contributed by atoms with Crippen LogP contribution in [-0.4, -0.2) is 207 Å². The number of aliphatic carboxylic acids is 2. The number of quaternary nitrogens is 1. The number of nitrogens with two attached hydrogens (primary N) is 1. The summed E-state index contributed by atoms with van der Waals surface area (Å²) in [5, 5.41) is 64.5. The Morgan fingerprint density at radius 1 is 0.923 bits per heavy atom. The molecule has 0 bridgehead atoms. The van der Waals surface area contributed by atoms with Crippen molar-refractivity contribution in [3.8, 4) is 5.75 Å². The van der Waals surface area contributed by atoms with Crippen molar-refractivity contribution in [1.29, 1.82) is 0 Å². The number of hydrogen-bond donors (Lipinski definition) is 10. The number of likely N-dealkylation sites (N-methyl/N-ethyl adjacent to an activating group) is 2. The molecule has 11 N–H and O–H groups in total. The molecule has 1 saturated heterocycles. The Labute approximate surface area is 534 Å². The molecule has 0 aliphatic carbocycles. The number of aliphatic hydroxyl groups is 3. The average molecular weight is 1300 g/mol. The molecule has 27 nitrogen and oxygen atoms in total. The van der Waals surface area contributed by atoms with Gasteiger partial charge in [0.05, 0.1) is 31.8 Å². The van der Waals surface area contributed by atoms with E-state index < -0.39 is 120 Å². The molecule has 1 aromatic heterocycles. The van der Waals surface area contributed by atoms with Crippen molar-refractivity contribution < 1.29 is 92.1 Å². The van der Waals surface area contributed by atoms with Gasteiger partial charge in [0.15, 0.2) is 18.8 Å². The minimum atomic E-state index is -2.02. The fourth-order valence-corrected chi connectivity index (χ4v) is 11.7. The zero-order valence-corrected chi connectivity index (χ0v) is 54.1. The summed E-state index contributed by atoms with van der Waals surface area (Å²) in [5.74, 6) is -7.95. The van der Waals surface area contributed by atoms with Crippen LogP contribution < -0.4 is 31.7 Å². The normalized spacial score (nSPS) is 20.5. The summed E-state index contributed by atoms with van der Waals surface area (Å²) in [4.78, 5) is 127. The highest BCUT2D eigenvalue weighted by atomic mass is 32.1. The van der Waals surface area contributed by atoms with Gasteiger partial charge in [0.1, 0.15) is 60.1 Å². The number of nitrogens with zero attached hydrogens (tertiary/aromatic N) is 4. The molecule has 5 rings (SSSR count). The van der Waals surface area contributed by atoms with E-state index >= 15 is 0 Å². The summed E-state index contributed by atoms with van der Waals surface area (Å²) in [6.07, 6.45) is -4.94. The Morgan fingerprint density at radius 3 is 2.27 bits per heavy atom. The third-order valence-corrected chi connectivity index (χ3v) is 17.2. The summed E-state index contributed by atoms with van der Waals surface area (Å²) in [6, 6.07) is 10.7. The summed E-state index contributed by atoms with van der Waals surface area (Å²) in [6.45, 7) is 12.4. The number of aromatic nitrogens is 1. The van der Waals surface area contributed by atoms with E-state index in [4.69, 9.17) is 24.7 Å². The number of rotatable bonds is 35. The van der Waals surface area contributed by atoms with E-state index in [9.17, 15) is 68.7 Å². The Bertz CT molecular complexity index is 2990. The van der Waals surface area contributed by atoms with Gasteiger partial charge >= 0.3 is 17.9 Å². The lowest BCUT2D eigenvalue weighted by atomic mass is 9.93. The lowest BCUT2D eigenvalue weighted by molar-refractivity contribution is -0.915. The van der Waals surface area contributed by atoms with Crippen molar-refractivity contribution in [3.63, 3.8) is 0 Å². The lowest BCUT2D eigenvalue weighted by Crippen LogP contribution is -2.61. The summed E-state index contributed by atoms with van der Waals surface area (Å²) >= 11 is 1.10. The number of esters is 1. The van der Waals surface area contributed by atoms with Gasteiger partial charge < -0.3 is 85.8 Å². The van der Waals surface area contributed by atoms with Crippen molar-refractivity contribution >= 4 is 70.4 Å². The molecule has 2 aliphatic rings. The van der Waals surface area contributed by atoms with Gasteiger partial charge in [-0.25, -0.2) is 9.78 Å². The first-order valence-corrected chi connectivity index (χ1v) is 31.6. The average Bonchev–Trinajstić information content (AvgIpc) is 1.22. The number of hydrogen-bond acceptors (Lipinski definition) is 19. The number of ether oxygens (including phenoxy) is 4. The lowest BCUT2D eigenvalue weighted by Gasteiger charge is -2.38. The van der Waals surface area contributed by atoms with Crippen molar-refractivity contribution in [1.82, 2.24) is 30.7 Å². The summed E-state index contributed by atoms with van der Waals surface area (Å²) < 4.78 is 22.7. The van der Waals surface area contributed by atoms with Gasteiger partial charge in [-0.2, -0.15) is 0 Å². The third kappa shape index (κ3) is 21.9. The summed E-state index contributed by atoms with van der Waals surface area (Å²) in [5.41, 5.74) is 7.37. The Morgan fingerprint density at radius 2 is 1.64 bits per heavy atom. The quantitative estimate of drug-likeness (QED) is 0.0230. The highest BCUT2D eigenvalue weighted by molar-refractivity contribution is 7.09. The molecule has 0 spiro atoms. The van der Waals surface area contributed by atoms with Crippen LogP contribution >= 0.6 is 11.3 Å². The van der Waals surface area contributed by atoms with E-state index in [1.165, 1.54) is 30.5 Å². The molecule has 13 atom stereocenters. The van der Waals surface area contributed by atoms with Crippen LogP contribution in [0.5, 0.6) is 5.75 Å². The van der Waals surface area contributed by atoms with E-state index in [1.54, 1.807) is 31.0 Å². The van der Waals surface area contributed by atoms with E-state index in [0.717, 1.165) is 34.6 Å². The standard InChI is InChI=1S/C63H91N9O18S/c1-10-12-16-25-72(9,32-41-21-22-47(89-63-55(79)53(77)54(78)56(90-63)62(85)86)43(29-41)67-49(74)23-24-65-58(81)46(31-64)71-35-87-26-17-20-51(71)76)33-50(75)69-52(37(5)11-2)60(82)70(8)45(36(3)4)30-48(88-39(7)73)59-68-44(34-91-59)57(80)66-42(27-38(6)61(83)84)28-40-18-14-13-15-19-40/h13-15,17-22,29,34,36-38,42,45-46,48,52-56,63,77-79H,10-12,16,23-28,30-33,35,64H2,1-9H3,(H5-,65,66,67,69,74,75,80,81,83,84,85,86)/p+1/t37-,38-,42+,45+,46-,48+,52-,53-,54-,55+,56-,63+,72?/m0/s1. The van der Waals surface area contributed by atoms with Gasteiger partial charge in [0.25, 0.3) is 11.8 Å². The maximum atomic E-state index is 14.9. The van der Waals surface area contributed by atoms with Crippen LogP contribution in [0, 0.1) is 17.8 Å². The van der Waals surface area contributed by atoms with Crippen LogP contribution in [0.15, 0.2) is 66.1 Å². The number of carboxylic acids is 2. The molecule has 2 aliphatic heterocycles. The van der Waals surface area contributed by atoms with Gasteiger partial charge in [-0.15, -0.1) is 11.3 Å². The first-order valence-electron chi connectivity index (χ1n) is 30.7. The van der Waals surface area contributed by atoms with Gasteiger partial charge in [0.2, 0.25) is 29.9 Å². The molecule has 1 fully saturated rings. The second kappa shape index (κ2) is 35.4. The van der Waals surface area contributed by atoms with E-state index in [1.807, 2.05) is 72.0 Å². The molecule has 3 aromatic rings. The molecule has 2 aromatic carbocycles. The maximum absolute atomic E-state index is 14.9.